The van der Waals surface area contributed by atoms with E-state index in [1.54, 1.807) is 41.5 Å². The van der Waals surface area contributed by atoms with E-state index < -0.39 is 60.3 Å². The second kappa shape index (κ2) is 10.4. The molecule has 10 heteroatoms. The Kier molecular flexibility index (Phi) is 8.28. The maximum Gasteiger partial charge on any atom is 0.305 e. The van der Waals surface area contributed by atoms with Gasteiger partial charge < -0.3 is 25.6 Å². The van der Waals surface area contributed by atoms with Crippen LogP contribution in [0.1, 0.15) is 55.9 Å². The molecule has 0 fully saturated rings. The lowest BCUT2D eigenvalue weighted by Gasteiger charge is -2.38. The van der Waals surface area contributed by atoms with E-state index in [1.165, 1.54) is 0 Å². The molecule has 34 heavy (non-hydrogen) atoms. The number of rotatable bonds is 9. The quantitative estimate of drug-likeness (QED) is 0.424. The molecule has 4 N–H and O–H groups in total. The number of hydrogen-bond acceptors (Lipinski definition) is 6. The molecule has 2 amide bonds. The third-order valence-electron chi connectivity index (χ3n) is 6.45. The number of carboxylic acid groups (broad SMARTS) is 1. The number of nitrogens with one attached hydrogen (secondary N) is 2. The minimum absolute atomic E-state index is 0.197. The van der Waals surface area contributed by atoms with E-state index in [1.807, 2.05) is 0 Å². The molecule has 1 aliphatic heterocycles. The van der Waals surface area contributed by atoms with Crippen molar-refractivity contribution in [3.8, 4) is 11.5 Å². The van der Waals surface area contributed by atoms with Gasteiger partial charge in [0.1, 0.15) is 30.3 Å². The maximum atomic E-state index is 13.3. The van der Waals surface area contributed by atoms with Crippen molar-refractivity contribution < 1.29 is 38.5 Å². The monoisotopic (exact) mass is 480 g/mol. The fourth-order valence-corrected chi connectivity index (χ4v) is 4.01. The van der Waals surface area contributed by atoms with Crippen LogP contribution in [0, 0.1) is 26.7 Å². The summed E-state index contributed by atoms with van der Waals surface area (Å²) >= 11 is 0. The first-order valence-electron chi connectivity index (χ1n) is 11.2. The molecule has 1 aliphatic rings. The first-order valence-corrected chi connectivity index (χ1v) is 11.2. The van der Waals surface area contributed by atoms with Gasteiger partial charge in [-0.05, 0) is 56.7 Å². The topological polar surface area (TPSA) is 142 Å². The number of aromatic hydroxyl groups is 1. The van der Waals surface area contributed by atoms with Gasteiger partial charge in [-0.15, -0.1) is 0 Å². The highest BCUT2D eigenvalue weighted by Crippen LogP contribution is 2.43. The van der Waals surface area contributed by atoms with Crippen molar-refractivity contribution in [3.63, 3.8) is 0 Å². The van der Waals surface area contributed by atoms with E-state index in [2.05, 4.69) is 10.6 Å². The third-order valence-corrected chi connectivity index (χ3v) is 6.45. The van der Waals surface area contributed by atoms with E-state index in [4.69, 9.17) is 9.84 Å². The molecule has 0 aliphatic carbocycles. The molecule has 1 aromatic carbocycles. The number of amides is 2. The normalized spacial score (nSPS) is 18.9. The third kappa shape index (κ3) is 5.48. The van der Waals surface area contributed by atoms with Crippen molar-refractivity contribution in [2.75, 3.05) is 6.67 Å². The number of carbonyl (C=O) groups excluding carboxylic acids is 3. The van der Waals surface area contributed by atoms with Gasteiger partial charge in [0, 0.05) is 12.0 Å². The number of ketones is 1. The standard InChI is InChI=1S/C24H33FN2O7/c1-11(2)19(22(32)26-16(9-18(29)30)17(28)10-25)27-23(33)24(6)8-7-15-14(5)20(31)12(3)13(4)21(15)34-24/h11,16,19,31H,7-10H2,1-6H3,(H,26,32)(H,27,33)(H,29,30)/t16?,19-,24+/m1/s1. The van der Waals surface area contributed by atoms with Crippen LogP contribution in [0.4, 0.5) is 4.39 Å². The molecule has 188 valence electrons. The molecule has 0 aromatic heterocycles. The van der Waals surface area contributed by atoms with Crippen molar-refractivity contribution in [2.45, 2.75) is 78.5 Å². The Bertz CT molecular complexity index is 1010. The van der Waals surface area contributed by atoms with Gasteiger partial charge in [0.25, 0.3) is 5.91 Å². The van der Waals surface area contributed by atoms with Gasteiger partial charge >= 0.3 is 5.97 Å². The number of hydrogen-bond donors (Lipinski definition) is 4. The van der Waals surface area contributed by atoms with Crippen LogP contribution in [0.5, 0.6) is 11.5 Å². The van der Waals surface area contributed by atoms with E-state index in [-0.39, 0.29) is 5.75 Å². The summed E-state index contributed by atoms with van der Waals surface area (Å²) in [6, 6.07) is -2.65. The van der Waals surface area contributed by atoms with Gasteiger partial charge in [-0.25, -0.2) is 4.39 Å². The molecule has 0 spiro atoms. The van der Waals surface area contributed by atoms with Crippen LogP contribution in [0.2, 0.25) is 0 Å². The number of aliphatic carboxylic acids is 1. The molecule has 0 bridgehead atoms. The number of carboxylic acids is 1. The molecular weight excluding hydrogens is 447 g/mol. The van der Waals surface area contributed by atoms with Crippen molar-refractivity contribution >= 4 is 23.6 Å². The minimum Gasteiger partial charge on any atom is -0.507 e. The molecule has 0 saturated carbocycles. The van der Waals surface area contributed by atoms with Gasteiger partial charge in [-0.3, -0.25) is 19.2 Å². The molecule has 3 atom stereocenters. The number of carbonyl (C=O) groups is 4. The number of alkyl halides is 1. The molecule has 0 radical (unpaired) electrons. The molecule has 9 nitrogen and oxygen atoms in total. The number of phenols is 1. The van der Waals surface area contributed by atoms with Crippen LogP contribution >= 0.6 is 0 Å². The second-order valence-corrected chi connectivity index (χ2v) is 9.32. The Balaban J connectivity index is 2.25. The zero-order valence-corrected chi connectivity index (χ0v) is 20.4. The second-order valence-electron chi connectivity index (χ2n) is 9.32. The van der Waals surface area contributed by atoms with E-state index in [0.717, 1.165) is 11.1 Å². The van der Waals surface area contributed by atoms with Crippen molar-refractivity contribution in [1.29, 1.82) is 0 Å². The van der Waals surface area contributed by atoms with Crippen LogP contribution < -0.4 is 15.4 Å². The zero-order chi connectivity index (χ0) is 26.0. The smallest absolute Gasteiger partial charge is 0.305 e. The van der Waals surface area contributed by atoms with Crippen LogP contribution in [0.3, 0.4) is 0 Å². The molecule has 1 heterocycles. The molecule has 0 saturated heterocycles. The summed E-state index contributed by atoms with van der Waals surface area (Å²) in [4.78, 5) is 48.9. The summed E-state index contributed by atoms with van der Waals surface area (Å²) in [5.74, 6) is -3.47. The van der Waals surface area contributed by atoms with Crippen molar-refractivity contribution in [3.05, 3.63) is 22.3 Å². The van der Waals surface area contributed by atoms with Crippen molar-refractivity contribution in [1.82, 2.24) is 10.6 Å². The largest absolute Gasteiger partial charge is 0.507 e. The van der Waals surface area contributed by atoms with Crippen molar-refractivity contribution in [2.24, 2.45) is 5.92 Å². The van der Waals surface area contributed by atoms with E-state index >= 15 is 0 Å². The Labute approximate surface area is 198 Å². The zero-order valence-electron chi connectivity index (χ0n) is 20.4. The van der Waals surface area contributed by atoms with E-state index in [0.29, 0.717) is 29.7 Å². The first kappa shape index (κ1) is 27.1. The summed E-state index contributed by atoms with van der Waals surface area (Å²) < 4.78 is 19.0. The highest BCUT2D eigenvalue weighted by atomic mass is 19.1. The van der Waals surface area contributed by atoms with Crippen LogP contribution in [-0.4, -0.2) is 58.1 Å². The summed E-state index contributed by atoms with van der Waals surface area (Å²) in [7, 11) is 0. The van der Waals surface area contributed by atoms with Gasteiger partial charge in [0.05, 0.1) is 6.42 Å². The highest BCUT2D eigenvalue weighted by Gasteiger charge is 2.43. The summed E-state index contributed by atoms with van der Waals surface area (Å²) in [6.07, 6.45) is 0.00269. The predicted octanol–water partition coefficient (Wildman–Crippen LogP) is 2.04. The minimum atomic E-state index is -1.54. The number of fused-ring (bicyclic) bond motifs is 1. The average molecular weight is 481 g/mol. The van der Waals surface area contributed by atoms with Crippen LogP contribution in [-0.2, 0) is 25.6 Å². The lowest BCUT2D eigenvalue weighted by Crippen LogP contribution is -2.59. The number of halogens is 1. The summed E-state index contributed by atoms with van der Waals surface area (Å²) in [6.45, 7) is 8.88. The predicted molar refractivity (Wildman–Crippen MR) is 122 cm³/mol. The van der Waals surface area contributed by atoms with Gasteiger partial charge in [0.15, 0.2) is 11.4 Å². The number of benzene rings is 1. The Morgan fingerprint density at radius 1 is 1.09 bits per heavy atom. The van der Waals surface area contributed by atoms with Crippen LogP contribution in [0.15, 0.2) is 0 Å². The van der Waals surface area contributed by atoms with Gasteiger partial charge in [-0.1, -0.05) is 13.8 Å². The Hall–Kier alpha value is -3.17. The summed E-state index contributed by atoms with van der Waals surface area (Å²) in [5, 5.41) is 24.2. The maximum absolute atomic E-state index is 13.3. The lowest BCUT2D eigenvalue weighted by molar-refractivity contribution is -0.143. The van der Waals surface area contributed by atoms with Crippen LogP contribution in [0.25, 0.3) is 0 Å². The SMILES string of the molecule is Cc1c(C)c2c(c(C)c1O)CC[C@@](C)(C(=O)N[C@@H](C(=O)NC(CC(=O)O)C(=O)CF)C(C)C)O2. The van der Waals surface area contributed by atoms with Gasteiger partial charge in [-0.2, -0.15) is 0 Å². The first-order chi connectivity index (χ1) is 15.7. The Morgan fingerprint density at radius 2 is 1.71 bits per heavy atom. The molecule has 2 rings (SSSR count). The lowest BCUT2D eigenvalue weighted by atomic mass is 9.86. The average Bonchev–Trinajstić information content (AvgIpc) is 2.77. The molecule has 1 unspecified atom stereocenters. The Morgan fingerprint density at radius 3 is 2.24 bits per heavy atom. The number of phenolic OH excluding ortho intramolecular Hbond substituents is 1. The van der Waals surface area contributed by atoms with E-state index in [9.17, 15) is 28.7 Å². The molecule has 1 aromatic rings. The number of Topliss-reactive ketones (excluding diaryl/α,β-unsaturated/α-hetero) is 1. The fourth-order valence-electron chi connectivity index (χ4n) is 4.01. The molecular formula is C24H33FN2O7. The fraction of sp³-hybridized carbons (Fsp3) is 0.583. The highest BCUT2D eigenvalue weighted by molar-refractivity contribution is 5.96. The summed E-state index contributed by atoms with van der Waals surface area (Å²) in [5.41, 5.74) is 1.59. The number of ether oxygens (including phenoxy) is 1. The van der Waals surface area contributed by atoms with Gasteiger partial charge in [0.2, 0.25) is 5.91 Å².